The van der Waals surface area contributed by atoms with Crippen molar-refractivity contribution in [3.63, 3.8) is 0 Å². The van der Waals surface area contributed by atoms with E-state index in [1.165, 1.54) is 23.2 Å². The van der Waals surface area contributed by atoms with Crippen LogP contribution in [0.3, 0.4) is 0 Å². The Labute approximate surface area is 149 Å². The van der Waals surface area contributed by atoms with Gasteiger partial charge in [-0.1, -0.05) is 0 Å². The van der Waals surface area contributed by atoms with Crippen LogP contribution >= 0.6 is 0 Å². The fourth-order valence-corrected chi connectivity index (χ4v) is 2.98. The molecule has 0 bridgehead atoms. The van der Waals surface area contributed by atoms with Crippen molar-refractivity contribution in [1.82, 2.24) is 14.8 Å². The SMILES string of the molecule is O=C(O)c1ccc(-n2ncc3cc(CCOC4CCC4)cnc32)cc1F. The number of nitrogens with zero attached hydrogens (tertiary/aromatic N) is 3. The predicted molar refractivity (Wildman–Crippen MR) is 93.1 cm³/mol. The summed E-state index contributed by atoms with van der Waals surface area (Å²) in [4.78, 5) is 15.4. The van der Waals surface area contributed by atoms with E-state index >= 15 is 0 Å². The van der Waals surface area contributed by atoms with Crippen LogP contribution in [0.15, 0.2) is 36.7 Å². The van der Waals surface area contributed by atoms with Crippen molar-refractivity contribution in [3.8, 4) is 5.69 Å². The standard InChI is InChI=1S/C19H18FN3O3/c20-17-9-14(4-5-16(17)19(24)25)23-18-13(11-22-23)8-12(10-21-18)6-7-26-15-2-1-3-15/h4-5,8-11,15H,1-3,6-7H2,(H,24,25). The van der Waals surface area contributed by atoms with Gasteiger partial charge in [0.25, 0.3) is 0 Å². The van der Waals surface area contributed by atoms with Crippen LogP contribution in [-0.4, -0.2) is 38.6 Å². The van der Waals surface area contributed by atoms with Gasteiger partial charge in [-0.2, -0.15) is 5.10 Å². The van der Waals surface area contributed by atoms with Crippen molar-refractivity contribution >= 4 is 17.0 Å². The molecule has 1 aliphatic carbocycles. The number of carboxylic acid groups (broad SMARTS) is 1. The first-order valence-corrected chi connectivity index (χ1v) is 8.59. The predicted octanol–water partition coefficient (Wildman–Crippen LogP) is 3.37. The fraction of sp³-hybridized carbons (Fsp3) is 0.316. The Bertz CT molecular complexity index is 966. The average Bonchev–Trinajstić information content (AvgIpc) is 3.00. The minimum Gasteiger partial charge on any atom is -0.478 e. The molecule has 0 unspecified atom stereocenters. The Morgan fingerprint density at radius 3 is 2.85 bits per heavy atom. The van der Waals surface area contributed by atoms with Crippen molar-refractivity contribution < 1.29 is 19.0 Å². The van der Waals surface area contributed by atoms with Crippen molar-refractivity contribution in [2.24, 2.45) is 0 Å². The highest BCUT2D eigenvalue weighted by atomic mass is 19.1. The Hall–Kier alpha value is -2.80. The van der Waals surface area contributed by atoms with E-state index in [1.54, 1.807) is 12.4 Å². The van der Waals surface area contributed by atoms with Crippen LogP contribution in [-0.2, 0) is 11.2 Å². The summed E-state index contributed by atoms with van der Waals surface area (Å²) in [6, 6.07) is 5.89. The molecule has 0 saturated heterocycles. The number of ether oxygens (including phenoxy) is 1. The molecule has 0 radical (unpaired) electrons. The number of benzene rings is 1. The van der Waals surface area contributed by atoms with Crippen LogP contribution in [0.2, 0.25) is 0 Å². The summed E-state index contributed by atoms with van der Waals surface area (Å²) in [6.45, 7) is 0.674. The van der Waals surface area contributed by atoms with E-state index in [2.05, 4.69) is 10.1 Å². The third-order valence-electron chi connectivity index (χ3n) is 4.69. The molecule has 134 valence electrons. The van der Waals surface area contributed by atoms with E-state index in [4.69, 9.17) is 9.84 Å². The zero-order valence-electron chi connectivity index (χ0n) is 14.1. The minimum atomic E-state index is -1.30. The smallest absolute Gasteiger partial charge is 0.338 e. The van der Waals surface area contributed by atoms with Gasteiger partial charge in [0.05, 0.1) is 30.2 Å². The zero-order valence-corrected chi connectivity index (χ0v) is 14.1. The number of fused-ring (bicyclic) bond motifs is 1. The molecule has 1 N–H and O–H groups in total. The number of aromatic carboxylic acids is 1. The number of hydrogen-bond acceptors (Lipinski definition) is 4. The lowest BCUT2D eigenvalue weighted by Crippen LogP contribution is -2.22. The van der Waals surface area contributed by atoms with Gasteiger partial charge in [-0.25, -0.2) is 18.9 Å². The number of aromatic nitrogens is 3. The summed E-state index contributed by atoms with van der Waals surface area (Å²) in [5.74, 6) is -2.10. The molecule has 3 aromatic rings. The molecule has 0 aliphatic heterocycles. The van der Waals surface area contributed by atoms with Gasteiger partial charge in [0, 0.05) is 17.6 Å². The van der Waals surface area contributed by atoms with E-state index in [0.717, 1.165) is 36.3 Å². The zero-order chi connectivity index (χ0) is 18.1. The summed E-state index contributed by atoms with van der Waals surface area (Å²) in [7, 11) is 0. The second-order valence-corrected chi connectivity index (χ2v) is 6.46. The second-order valence-electron chi connectivity index (χ2n) is 6.46. The third-order valence-corrected chi connectivity index (χ3v) is 4.69. The van der Waals surface area contributed by atoms with E-state index in [9.17, 15) is 9.18 Å². The Morgan fingerprint density at radius 1 is 1.31 bits per heavy atom. The van der Waals surface area contributed by atoms with Gasteiger partial charge in [0.15, 0.2) is 5.65 Å². The first-order chi connectivity index (χ1) is 12.6. The Kier molecular flexibility index (Phi) is 4.38. The quantitative estimate of drug-likeness (QED) is 0.733. The molecule has 7 heteroatoms. The summed E-state index contributed by atoms with van der Waals surface area (Å²) in [5, 5.41) is 14.0. The highest BCUT2D eigenvalue weighted by Gasteiger charge is 2.17. The maximum atomic E-state index is 13.9. The molecule has 0 atom stereocenters. The lowest BCUT2D eigenvalue weighted by Gasteiger charge is -2.25. The van der Waals surface area contributed by atoms with Gasteiger partial charge in [-0.15, -0.1) is 0 Å². The topological polar surface area (TPSA) is 77.2 Å². The number of halogens is 1. The fourth-order valence-electron chi connectivity index (χ4n) is 2.98. The molecular formula is C19H18FN3O3. The van der Waals surface area contributed by atoms with Gasteiger partial charge in [-0.05, 0) is 49.4 Å². The van der Waals surface area contributed by atoms with Gasteiger partial charge >= 0.3 is 5.97 Å². The third kappa shape index (κ3) is 3.17. The largest absolute Gasteiger partial charge is 0.478 e. The lowest BCUT2D eigenvalue weighted by molar-refractivity contribution is 0.00412. The summed E-state index contributed by atoms with van der Waals surface area (Å²) in [6.07, 6.45) is 8.20. The number of pyridine rings is 1. The summed E-state index contributed by atoms with van der Waals surface area (Å²) < 4.78 is 21.2. The van der Waals surface area contributed by atoms with Crippen LogP contribution in [0.5, 0.6) is 0 Å². The number of rotatable bonds is 6. The number of hydrogen-bond donors (Lipinski definition) is 1. The highest BCUT2D eigenvalue weighted by molar-refractivity contribution is 5.88. The number of carboxylic acids is 1. The van der Waals surface area contributed by atoms with Crippen LogP contribution in [0.4, 0.5) is 4.39 Å². The maximum Gasteiger partial charge on any atom is 0.338 e. The molecular weight excluding hydrogens is 337 g/mol. The monoisotopic (exact) mass is 355 g/mol. The van der Waals surface area contributed by atoms with E-state index in [-0.39, 0.29) is 5.56 Å². The average molecular weight is 355 g/mol. The van der Waals surface area contributed by atoms with Crippen LogP contribution in [0.1, 0.15) is 35.2 Å². The van der Waals surface area contributed by atoms with E-state index < -0.39 is 11.8 Å². The summed E-state index contributed by atoms with van der Waals surface area (Å²) >= 11 is 0. The molecule has 1 fully saturated rings. The Balaban J connectivity index is 1.55. The van der Waals surface area contributed by atoms with Gasteiger partial charge < -0.3 is 9.84 Å². The molecule has 4 rings (SSSR count). The molecule has 1 aliphatic rings. The highest BCUT2D eigenvalue weighted by Crippen LogP contribution is 2.23. The molecule has 0 spiro atoms. The van der Waals surface area contributed by atoms with Crippen molar-refractivity contribution in [3.05, 3.63) is 53.6 Å². The first-order valence-electron chi connectivity index (χ1n) is 8.59. The Morgan fingerprint density at radius 2 is 2.15 bits per heavy atom. The summed E-state index contributed by atoms with van der Waals surface area (Å²) in [5.41, 5.74) is 1.71. The first kappa shape index (κ1) is 16.7. The van der Waals surface area contributed by atoms with Crippen LogP contribution in [0.25, 0.3) is 16.7 Å². The molecule has 6 nitrogen and oxygen atoms in total. The molecule has 1 saturated carbocycles. The normalized spacial score (nSPS) is 14.5. The maximum absolute atomic E-state index is 13.9. The minimum absolute atomic E-state index is 0.369. The molecule has 2 heterocycles. The number of carbonyl (C=O) groups is 1. The second kappa shape index (κ2) is 6.84. The van der Waals surface area contributed by atoms with Crippen molar-refractivity contribution in [2.45, 2.75) is 31.8 Å². The molecule has 2 aromatic heterocycles. The van der Waals surface area contributed by atoms with E-state index in [0.29, 0.717) is 24.0 Å². The van der Waals surface area contributed by atoms with Crippen LogP contribution < -0.4 is 0 Å². The van der Waals surface area contributed by atoms with E-state index in [1.807, 2.05) is 6.07 Å². The molecule has 26 heavy (non-hydrogen) atoms. The van der Waals surface area contributed by atoms with Gasteiger partial charge in [-0.3, -0.25) is 0 Å². The van der Waals surface area contributed by atoms with Crippen molar-refractivity contribution in [2.75, 3.05) is 6.61 Å². The molecule has 0 amide bonds. The van der Waals surface area contributed by atoms with Crippen LogP contribution in [0, 0.1) is 5.82 Å². The van der Waals surface area contributed by atoms with Gasteiger partial charge in [0.2, 0.25) is 0 Å². The molecule has 1 aromatic carbocycles. The van der Waals surface area contributed by atoms with Crippen molar-refractivity contribution in [1.29, 1.82) is 0 Å². The lowest BCUT2D eigenvalue weighted by atomic mass is 9.96. The van der Waals surface area contributed by atoms with Gasteiger partial charge in [0.1, 0.15) is 5.82 Å².